The van der Waals surface area contributed by atoms with Crippen molar-refractivity contribution in [3.05, 3.63) is 11.8 Å². The molecule has 0 saturated heterocycles. The molecule has 1 saturated carbocycles. The van der Waals surface area contributed by atoms with E-state index in [1.54, 1.807) is 11.8 Å². The molecule has 3 N–H and O–H groups in total. The average Bonchev–Trinajstić information content (AvgIpc) is 2.69. The summed E-state index contributed by atoms with van der Waals surface area (Å²) in [6, 6.07) is 0.559. The van der Waals surface area contributed by atoms with Crippen molar-refractivity contribution in [1.82, 2.24) is 9.97 Å². The first kappa shape index (κ1) is 14.6. The molecule has 5 heteroatoms. The number of thioether (sulfide) groups is 1. The second-order valence-electron chi connectivity index (χ2n) is 5.10. The van der Waals surface area contributed by atoms with E-state index in [-0.39, 0.29) is 0 Å². The van der Waals surface area contributed by atoms with Crippen molar-refractivity contribution in [3.63, 3.8) is 0 Å². The fraction of sp³-hybridized carbons (Fsp3) is 0.714. The highest BCUT2D eigenvalue weighted by atomic mass is 32.2. The van der Waals surface area contributed by atoms with E-state index in [1.807, 2.05) is 12.5 Å². The van der Waals surface area contributed by atoms with E-state index in [4.69, 9.17) is 5.73 Å². The number of nitrogens with two attached hydrogens (primary N) is 1. The first-order valence-electron chi connectivity index (χ1n) is 7.20. The number of nitrogens with one attached hydrogen (secondary N) is 1. The first-order chi connectivity index (χ1) is 9.33. The Hall–Kier alpha value is -0.810. The van der Waals surface area contributed by atoms with Gasteiger partial charge in [0.05, 0.1) is 0 Å². The van der Waals surface area contributed by atoms with Gasteiger partial charge in [0.1, 0.15) is 5.82 Å². The van der Waals surface area contributed by atoms with Gasteiger partial charge >= 0.3 is 0 Å². The lowest BCUT2D eigenvalue weighted by atomic mass is 10.1. The maximum absolute atomic E-state index is 5.67. The van der Waals surface area contributed by atoms with Crippen molar-refractivity contribution in [1.29, 1.82) is 0 Å². The van der Waals surface area contributed by atoms with Gasteiger partial charge in [-0.2, -0.15) is 0 Å². The third kappa shape index (κ3) is 4.35. The molecular formula is C14H24N4S. The Kier molecular flexibility index (Phi) is 5.92. The van der Waals surface area contributed by atoms with Gasteiger partial charge in [-0.15, -0.1) is 0 Å². The van der Waals surface area contributed by atoms with Crippen LogP contribution in [0.15, 0.2) is 11.4 Å². The molecular weight excluding hydrogens is 256 g/mol. The van der Waals surface area contributed by atoms with Crippen molar-refractivity contribution in [2.75, 3.05) is 18.1 Å². The Balaban J connectivity index is 2.10. The number of anilines is 1. The van der Waals surface area contributed by atoms with Gasteiger partial charge in [0, 0.05) is 17.8 Å². The molecule has 1 aliphatic rings. The molecule has 0 radical (unpaired) electrons. The summed E-state index contributed by atoms with van der Waals surface area (Å²) in [5.74, 6) is 0.997. The summed E-state index contributed by atoms with van der Waals surface area (Å²) >= 11 is 1.58. The predicted molar refractivity (Wildman–Crippen MR) is 81.7 cm³/mol. The molecule has 19 heavy (non-hydrogen) atoms. The van der Waals surface area contributed by atoms with Crippen molar-refractivity contribution in [2.24, 2.45) is 5.73 Å². The van der Waals surface area contributed by atoms with Gasteiger partial charge in [-0.05, 0) is 32.1 Å². The van der Waals surface area contributed by atoms with Gasteiger partial charge < -0.3 is 11.1 Å². The highest BCUT2D eigenvalue weighted by molar-refractivity contribution is 7.98. The third-order valence-corrected chi connectivity index (χ3v) is 4.20. The number of rotatable bonds is 5. The Bertz CT molecular complexity index is 389. The lowest BCUT2D eigenvalue weighted by molar-refractivity contribution is 0.615. The summed E-state index contributed by atoms with van der Waals surface area (Å²) in [4.78, 5) is 8.96. The van der Waals surface area contributed by atoms with Crippen LogP contribution in [0, 0.1) is 0 Å². The van der Waals surface area contributed by atoms with Crippen LogP contribution in [-0.2, 0) is 6.42 Å². The highest BCUT2D eigenvalue weighted by Gasteiger charge is 2.15. The fourth-order valence-corrected chi connectivity index (χ4v) is 2.91. The zero-order valence-corrected chi connectivity index (χ0v) is 12.5. The molecule has 0 aliphatic heterocycles. The summed E-state index contributed by atoms with van der Waals surface area (Å²) in [5, 5.41) is 4.46. The summed E-state index contributed by atoms with van der Waals surface area (Å²) in [6.45, 7) is 0.640. The molecule has 0 unspecified atom stereocenters. The van der Waals surface area contributed by atoms with Crippen LogP contribution < -0.4 is 11.1 Å². The van der Waals surface area contributed by atoms with Gasteiger partial charge in [0.2, 0.25) is 0 Å². The lowest BCUT2D eigenvalue weighted by Crippen LogP contribution is -2.21. The van der Waals surface area contributed by atoms with Crippen LogP contribution in [0.1, 0.15) is 44.1 Å². The van der Waals surface area contributed by atoms with E-state index in [0.29, 0.717) is 12.6 Å². The third-order valence-electron chi connectivity index (χ3n) is 3.63. The van der Waals surface area contributed by atoms with Crippen LogP contribution in [0.4, 0.5) is 5.82 Å². The Morgan fingerprint density at radius 2 is 2.05 bits per heavy atom. The van der Waals surface area contributed by atoms with E-state index in [0.717, 1.165) is 23.0 Å². The monoisotopic (exact) mass is 280 g/mol. The summed E-state index contributed by atoms with van der Waals surface area (Å²) in [6.07, 6.45) is 12.7. The molecule has 0 bridgehead atoms. The van der Waals surface area contributed by atoms with Crippen molar-refractivity contribution >= 4 is 17.6 Å². The first-order valence-corrected chi connectivity index (χ1v) is 8.42. The Morgan fingerprint density at radius 3 is 2.68 bits per heavy atom. The SMILES string of the molecule is CSc1ncc(CCN)c(NC2CCCCCC2)n1. The number of hydrogen-bond acceptors (Lipinski definition) is 5. The van der Waals surface area contributed by atoms with Gasteiger partial charge in [0.15, 0.2) is 5.16 Å². The number of hydrogen-bond donors (Lipinski definition) is 2. The Morgan fingerprint density at radius 1 is 1.32 bits per heavy atom. The smallest absolute Gasteiger partial charge is 0.189 e. The second kappa shape index (κ2) is 7.70. The quantitative estimate of drug-likeness (QED) is 0.493. The Labute approximate surface area is 120 Å². The van der Waals surface area contributed by atoms with Crippen molar-refractivity contribution in [2.45, 2.75) is 56.1 Å². The zero-order chi connectivity index (χ0) is 13.5. The zero-order valence-electron chi connectivity index (χ0n) is 11.7. The maximum atomic E-state index is 5.67. The van der Waals surface area contributed by atoms with Crippen molar-refractivity contribution < 1.29 is 0 Å². The molecule has 4 nitrogen and oxygen atoms in total. The summed E-state index contributed by atoms with van der Waals surface area (Å²) < 4.78 is 0. The molecule has 1 fully saturated rings. The predicted octanol–water partition coefficient (Wildman–Crippen LogP) is 2.83. The maximum Gasteiger partial charge on any atom is 0.189 e. The minimum absolute atomic E-state index is 0.559. The molecule has 1 aliphatic carbocycles. The largest absolute Gasteiger partial charge is 0.367 e. The van der Waals surface area contributed by atoms with Crippen LogP contribution in [0.2, 0.25) is 0 Å². The molecule has 106 valence electrons. The summed E-state index contributed by atoms with van der Waals surface area (Å²) in [5.41, 5.74) is 6.81. The minimum atomic E-state index is 0.559. The molecule has 0 atom stereocenters. The van der Waals surface area contributed by atoms with Gasteiger partial charge in [0.25, 0.3) is 0 Å². The summed E-state index contributed by atoms with van der Waals surface area (Å²) in [7, 11) is 0. The van der Waals surface area contributed by atoms with Gasteiger partial charge in [-0.25, -0.2) is 9.97 Å². The van der Waals surface area contributed by atoms with E-state index in [9.17, 15) is 0 Å². The van der Waals surface area contributed by atoms with Gasteiger partial charge in [-0.3, -0.25) is 0 Å². The molecule has 0 aromatic carbocycles. The average molecular weight is 280 g/mol. The van der Waals surface area contributed by atoms with E-state index >= 15 is 0 Å². The number of nitrogens with zero attached hydrogens (tertiary/aromatic N) is 2. The minimum Gasteiger partial charge on any atom is -0.367 e. The van der Waals surface area contributed by atoms with Crippen LogP contribution in [-0.4, -0.2) is 28.8 Å². The molecule has 2 rings (SSSR count). The van der Waals surface area contributed by atoms with Crippen molar-refractivity contribution in [3.8, 4) is 0 Å². The lowest BCUT2D eigenvalue weighted by Gasteiger charge is -2.19. The van der Waals surface area contributed by atoms with E-state index in [1.165, 1.54) is 38.5 Å². The molecule has 0 spiro atoms. The van der Waals surface area contributed by atoms with Crippen LogP contribution in [0.3, 0.4) is 0 Å². The second-order valence-corrected chi connectivity index (χ2v) is 5.88. The molecule has 1 heterocycles. The molecule has 0 amide bonds. The van der Waals surface area contributed by atoms with Crippen LogP contribution in [0.5, 0.6) is 0 Å². The number of aromatic nitrogens is 2. The molecule has 1 aromatic rings. The highest BCUT2D eigenvalue weighted by Crippen LogP contribution is 2.23. The fourth-order valence-electron chi connectivity index (χ4n) is 2.57. The topological polar surface area (TPSA) is 63.8 Å². The van der Waals surface area contributed by atoms with E-state index < -0.39 is 0 Å². The normalized spacial score (nSPS) is 17.2. The van der Waals surface area contributed by atoms with Crippen LogP contribution >= 0.6 is 11.8 Å². The standard InChI is InChI=1S/C14H24N4S/c1-19-14-16-10-11(8-9-15)13(18-14)17-12-6-4-2-3-5-7-12/h10,12H,2-9,15H2,1H3,(H,16,17,18). The molecule has 1 aromatic heterocycles. The van der Waals surface area contributed by atoms with E-state index in [2.05, 4.69) is 15.3 Å². The van der Waals surface area contributed by atoms with Gasteiger partial charge in [-0.1, -0.05) is 37.4 Å². The van der Waals surface area contributed by atoms with Crippen LogP contribution in [0.25, 0.3) is 0 Å².